The lowest BCUT2D eigenvalue weighted by Gasteiger charge is -2.12. The molecule has 0 atom stereocenters. The topological polar surface area (TPSA) is 84.0 Å². The van der Waals surface area contributed by atoms with E-state index in [0.717, 1.165) is 43.2 Å². The van der Waals surface area contributed by atoms with Crippen molar-refractivity contribution in [2.45, 2.75) is 40.2 Å². The molecule has 0 saturated carbocycles. The van der Waals surface area contributed by atoms with E-state index in [-0.39, 0.29) is 29.9 Å². The number of hydrogen-bond donors (Lipinski definition) is 3. The molecule has 7 nitrogen and oxygen atoms in total. The number of nitrogens with one attached hydrogen (secondary N) is 3. The lowest BCUT2D eigenvalue weighted by atomic mass is 10.2. The summed E-state index contributed by atoms with van der Waals surface area (Å²) >= 11 is 0. The first-order valence-electron chi connectivity index (χ1n) is 9.69. The Morgan fingerprint density at radius 1 is 1.07 bits per heavy atom. The number of amides is 1. The van der Waals surface area contributed by atoms with Crippen molar-refractivity contribution in [2.75, 3.05) is 44.8 Å². The van der Waals surface area contributed by atoms with Crippen LogP contribution in [0.1, 0.15) is 39.2 Å². The third-order valence-electron chi connectivity index (χ3n) is 3.56. The lowest BCUT2D eigenvalue weighted by Crippen LogP contribution is -2.39. The van der Waals surface area contributed by atoms with Gasteiger partial charge in [-0.25, -0.2) is 4.99 Å². The van der Waals surface area contributed by atoms with Crippen LogP contribution in [0.2, 0.25) is 0 Å². The first kappa shape index (κ1) is 26.6. The predicted octanol–water partition coefficient (Wildman–Crippen LogP) is 3.15. The molecule has 1 amide bonds. The molecular formula is C20H35IN4O3. The van der Waals surface area contributed by atoms with E-state index in [9.17, 15) is 4.79 Å². The van der Waals surface area contributed by atoms with Gasteiger partial charge in [-0.3, -0.25) is 4.79 Å². The molecule has 0 heterocycles. The number of guanidine groups is 1. The molecule has 8 heteroatoms. The molecule has 0 spiro atoms. The standard InChI is InChI=1S/C20H34N4O3.HI/c1-4-6-11-26-13-14-27-12-10-22-20(21-5-2)23-16-18-8-7-9-19(15-18)24-17(3)25;/h7-9,15H,4-6,10-14,16H2,1-3H3,(H,24,25)(H2,21,22,23);1H. The molecule has 1 aromatic rings. The molecular weight excluding hydrogens is 471 g/mol. The zero-order valence-corrected chi connectivity index (χ0v) is 19.6. The zero-order chi connectivity index (χ0) is 19.7. The molecule has 0 radical (unpaired) electrons. The van der Waals surface area contributed by atoms with Gasteiger partial charge in [0.15, 0.2) is 5.96 Å². The van der Waals surface area contributed by atoms with Crippen LogP contribution >= 0.6 is 24.0 Å². The van der Waals surface area contributed by atoms with Gasteiger partial charge >= 0.3 is 0 Å². The van der Waals surface area contributed by atoms with E-state index in [1.807, 2.05) is 31.2 Å². The molecule has 0 aromatic heterocycles. The van der Waals surface area contributed by atoms with Crippen molar-refractivity contribution in [3.63, 3.8) is 0 Å². The molecule has 160 valence electrons. The number of halogens is 1. The maximum Gasteiger partial charge on any atom is 0.221 e. The molecule has 0 aliphatic carbocycles. The Balaban J connectivity index is 0.00000729. The normalized spacial score (nSPS) is 10.9. The third kappa shape index (κ3) is 13.7. The van der Waals surface area contributed by atoms with Gasteiger partial charge in [0.25, 0.3) is 0 Å². The Bertz CT molecular complexity index is 570. The average molecular weight is 506 g/mol. The minimum absolute atomic E-state index is 0. The van der Waals surface area contributed by atoms with Gasteiger partial charge in [0.05, 0.1) is 26.4 Å². The van der Waals surface area contributed by atoms with Crippen molar-refractivity contribution in [3.05, 3.63) is 29.8 Å². The van der Waals surface area contributed by atoms with Crippen LogP contribution in [-0.2, 0) is 20.8 Å². The molecule has 0 fully saturated rings. The molecule has 1 aromatic carbocycles. The fourth-order valence-electron chi connectivity index (χ4n) is 2.27. The second-order valence-corrected chi connectivity index (χ2v) is 6.08. The Morgan fingerprint density at radius 3 is 2.50 bits per heavy atom. The number of rotatable bonds is 13. The number of benzene rings is 1. The number of hydrogen-bond acceptors (Lipinski definition) is 4. The number of nitrogens with zero attached hydrogens (tertiary/aromatic N) is 1. The van der Waals surface area contributed by atoms with Crippen LogP contribution in [-0.4, -0.2) is 51.4 Å². The largest absolute Gasteiger partial charge is 0.379 e. The second kappa shape index (κ2) is 17.7. The predicted molar refractivity (Wildman–Crippen MR) is 126 cm³/mol. The molecule has 3 N–H and O–H groups in total. The van der Waals surface area contributed by atoms with Crippen LogP contribution in [0.4, 0.5) is 5.69 Å². The van der Waals surface area contributed by atoms with Crippen molar-refractivity contribution >= 4 is 41.5 Å². The quantitative estimate of drug-likeness (QED) is 0.166. The van der Waals surface area contributed by atoms with Crippen LogP contribution in [0.25, 0.3) is 0 Å². The molecule has 1 rings (SSSR count). The molecule has 0 unspecified atom stereocenters. The van der Waals surface area contributed by atoms with Crippen molar-refractivity contribution in [1.29, 1.82) is 0 Å². The fraction of sp³-hybridized carbons (Fsp3) is 0.600. The third-order valence-corrected chi connectivity index (χ3v) is 3.56. The number of unbranched alkanes of at least 4 members (excludes halogenated alkanes) is 1. The summed E-state index contributed by atoms with van der Waals surface area (Å²) in [5.74, 6) is 0.659. The minimum atomic E-state index is -0.0820. The van der Waals surface area contributed by atoms with Gasteiger partial charge in [-0.1, -0.05) is 25.5 Å². The smallest absolute Gasteiger partial charge is 0.221 e. The lowest BCUT2D eigenvalue weighted by molar-refractivity contribution is -0.114. The van der Waals surface area contributed by atoms with Gasteiger partial charge in [-0.05, 0) is 31.0 Å². The fourth-order valence-corrected chi connectivity index (χ4v) is 2.27. The summed E-state index contributed by atoms with van der Waals surface area (Å²) in [5, 5.41) is 9.25. The Morgan fingerprint density at radius 2 is 1.82 bits per heavy atom. The van der Waals surface area contributed by atoms with Crippen LogP contribution in [0, 0.1) is 0 Å². The maximum absolute atomic E-state index is 11.2. The van der Waals surface area contributed by atoms with Gasteiger partial charge in [0, 0.05) is 32.3 Å². The van der Waals surface area contributed by atoms with E-state index < -0.39 is 0 Å². The van der Waals surface area contributed by atoms with E-state index in [4.69, 9.17) is 9.47 Å². The monoisotopic (exact) mass is 506 g/mol. The summed E-state index contributed by atoms with van der Waals surface area (Å²) < 4.78 is 11.0. The first-order chi connectivity index (χ1) is 13.2. The van der Waals surface area contributed by atoms with E-state index in [0.29, 0.717) is 32.9 Å². The summed E-state index contributed by atoms with van der Waals surface area (Å²) in [5.41, 5.74) is 1.81. The highest BCUT2D eigenvalue weighted by Gasteiger charge is 2.00. The summed E-state index contributed by atoms with van der Waals surface area (Å²) in [6.07, 6.45) is 2.24. The molecule has 0 aliphatic heterocycles. The Labute approximate surface area is 186 Å². The van der Waals surface area contributed by atoms with E-state index >= 15 is 0 Å². The number of anilines is 1. The Hall–Kier alpha value is -1.39. The number of ether oxygens (including phenoxy) is 2. The van der Waals surface area contributed by atoms with E-state index in [2.05, 4.69) is 27.9 Å². The summed E-state index contributed by atoms with van der Waals surface area (Å²) in [6, 6.07) is 7.68. The number of aliphatic imine (C=N–C) groups is 1. The van der Waals surface area contributed by atoms with E-state index in [1.54, 1.807) is 0 Å². The molecule has 0 bridgehead atoms. The molecule has 0 aliphatic rings. The second-order valence-electron chi connectivity index (χ2n) is 6.08. The summed E-state index contributed by atoms with van der Waals surface area (Å²) in [4.78, 5) is 15.7. The van der Waals surface area contributed by atoms with Crippen molar-refractivity contribution in [2.24, 2.45) is 4.99 Å². The SMILES string of the molecule is CCCCOCCOCCNC(=NCc1cccc(NC(C)=O)c1)NCC.I. The first-order valence-corrected chi connectivity index (χ1v) is 9.69. The zero-order valence-electron chi connectivity index (χ0n) is 17.3. The van der Waals surface area contributed by atoms with Gasteiger partial charge in [-0.2, -0.15) is 0 Å². The van der Waals surface area contributed by atoms with Gasteiger partial charge < -0.3 is 25.4 Å². The highest BCUT2D eigenvalue weighted by molar-refractivity contribution is 14.0. The van der Waals surface area contributed by atoms with Crippen LogP contribution in [0.15, 0.2) is 29.3 Å². The highest BCUT2D eigenvalue weighted by atomic mass is 127. The van der Waals surface area contributed by atoms with Gasteiger partial charge in [-0.15, -0.1) is 24.0 Å². The van der Waals surface area contributed by atoms with Crippen LogP contribution < -0.4 is 16.0 Å². The van der Waals surface area contributed by atoms with E-state index in [1.165, 1.54) is 6.92 Å². The van der Waals surface area contributed by atoms with Crippen molar-refractivity contribution in [3.8, 4) is 0 Å². The van der Waals surface area contributed by atoms with Crippen molar-refractivity contribution < 1.29 is 14.3 Å². The van der Waals surface area contributed by atoms with Gasteiger partial charge in [0.2, 0.25) is 5.91 Å². The maximum atomic E-state index is 11.2. The van der Waals surface area contributed by atoms with Crippen molar-refractivity contribution in [1.82, 2.24) is 10.6 Å². The van der Waals surface area contributed by atoms with Crippen LogP contribution in [0.3, 0.4) is 0 Å². The minimum Gasteiger partial charge on any atom is -0.379 e. The Kier molecular flexibility index (Phi) is 16.8. The summed E-state index contributed by atoms with van der Waals surface area (Å²) in [6.45, 7) is 10.3. The average Bonchev–Trinajstić information content (AvgIpc) is 2.64. The summed E-state index contributed by atoms with van der Waals surface area (Å²) in [7, 11) is 0. The molecule has 28 heavy (non-hydrogen) atoms. The van der Waals surface area contributed by atoms with Crippen LogP contribution in [0.5, 0.6) is 0 Å². The van der Waals surface area contributed by atoms with Gasteiger partial charge in [0.1, 0.15) is 0 Å². The number of carbonyl (C=O) groups is 1. The molecule has 0 saturated heterocycles. The highest BCUT2D eigenvalue weighted by Crippen LogP contribution is 2.11. The number of carbonyl (C=O) groups excluding carboxylic acids is 1.